The number of hydrogen-bond donors (Lipinski definition) is 1. The van der Waals surface area contributed by atoms with Crippen LogP contribution in [0.15, 0.2) is 24.5 Å². The van der Waals surface area contributed by atoms with E-state index in [1.165, 1.54) is 9.75 Å². The predicted octanol–water partition coefficient (Wildman–Crippen LogP) is 1.99. The molecule has 0 saturated carbocycles. The van der Waals surface area contributed by atoms with Gasteiger partial charge in [0.25, 0.3) is 0 Å². The minimum Gasteiger partial charge on any atom is -0.365 e. The summed E-state index contributed by atoms with van der Waals surface area (Å²) in [4.78, 5) is 26.8. The average molecular weight is 331 g/mol. The maximum absolute atomic E-state index is 11.8. The zero-order valence-electron chi connectivity index (χ0n) is 13.5. The van der Waals surface area contributed by atoms with Crippen LogP contribution in [0, 0.1) is 0 Å². The van der Waals surface area contributed by atoms with E-state index in [0.717, 1.165) is 37.7 Å². The Morgan fingerprint density at radius 1 is 1.26 bits per heavy atom. The summed E-state index contributed by atoms with van der Waals surface area (Å²) in [7, 11) is 1.83. The number of anilines is 2. The number of nitrogens with zero attached hydrogens (tertiary/aromatic N) is 4. The second kappa shape index (κ2) is 6.95. The molecule has 0 unspecified atom stereocenters. The van der Waals surface area contributed by atoms with Crippen LogP contribution in [-0.2, 0) is 17.8 Å². The minimum atomic E-state index is 0.120. The molecular weight excluding hydrogens is 310 g/mol. The number of hydrogen-bond acceptors (Lipinski definition) is 6. The van der Waals surface area contributed by atoms with Crippen LogP contribution in [0.4, 0.5) is 11.6 Å². The molecule has 122 valence electrons. The zero-order valence-corrected chi connectivity index (χ0v) is 14.3. The molecule has 1 N–H and O–H groups in total. The number of amides is 1. The van der Waals surface area contributed by atoms with Crippen LogP contribution in [0.3, 0.4) is 0 Å². The summed E-state index contributed by atoms with van der Waals surface area (Å²) in [5.74, 6) is 1.70. The SMILES string of the molecule is CCc1ccc(CNc2cc(N3CCN(C)C(=O)C3)ncn2)s1. The van der Waals surface area contributed by atoms with Crippen molar-refractivity contribution in [1.29, 1.82) is 0 Å². The van der Waals surface area contributed by atoms with Crippen molar-refractivity contribution in [3.05, 3.63) is 34.3 Å². The van der Waals surface area contributed by atoms with E-state index in [4.69, 9.17) is 0 Å². The third-order valence-electron chi connectivity index (χ3n) is 3.94. The summed E-state index contributed by atoms with van der Waals surface area (Å²) in [6.07, 6.45) is 2.62. The van der Waals surface area contributed by atoms with Gasteiger partial charge in [0, 0.05) is 36.0 Å². The van der Waals surface area contributed by atoms with Gasteiger partial charge < -0.3 is 15.1 Å². The highest BCUT2D eigenvalue weighted by Gasteiger charge is 2.22. The normalized spacial score (nSPS) is 15.1. The van der Waals surface area contributed by atoms with Crippen molar-refractivity contribution in [2.75, 3.05) is 36.9 Å². The Bertz CT molecular complexity index is 687. The number of nitrogens with one attached hydrogen (secondary N) is 1. The fourth-order valence-corrected chi connectivity index (χ4v) is 3.35. The Balaban J connectivity index is 1.64. The van der Waals surface area contributed by atoms with Crippen LogP contribution in [0.1, 0.15) is 16.7 Å². The molecule has 3 heterocycles. The Morgan fingerprint density at radius 3 is 2.83 bits per heavy atom. The Kier molecular flexibility index (Phi) is 4.76. The molecule has 23 heavy (non-hydrogen) atoms. The highest BCUT2D eigenvalue weighted by atomic mass is 32.1. The predicted molar refractivity (Wildman–Crippen MR) is 92.9 cm³/mol. The molecule has 7 heteroatoms. The lowest BCUT2D eigenvalue weighted by Gasteiger charge is -2.32. The van der Waals surface area contributed by atoms with Crippen molar-refractivity contribution in [1.82, 2.24) is 14.9 Å². The van der Waals surface area contributed by atoms with Crippen molar-refractivity contribution in [3.63, 3.8) is 0 Å². The van der Waals surface area contributed by atoms with Gasteiger partial charge in [0.05, 0.1) is 13.1 Å². The monoisotopic (exact) mass is 331 g/mol. The molecule has 0 radical (unpaired) electrons. The molecule has 1 fully saturated rings. The number of carbonyl (C=O) groups is 1. The molecule has 2 aromatic heterocycles. The standard InChI is InChI=1S/C16H21N5OS/c1-3-12-4-5-13(23-12)9-17-14-8-15(19-11-18-14)21-7-6-20(2)16(22)10-21/h4-5,8,11H,3,6-7,9-10H2,1-2H3,(H,17,18,19). The number of carbonyl (C=O) groups excluding carboxylic acids is 1. The highest BCUT2D eigenvalue weighted by molar-refractivity contribution is 7.12. The number of likely N-dealkylation sites (N-methyl/N-ethyl adjacent to an activating group) is 1. The minimum absolute atomic E-state index is 0.120. The van der Waals surface area contributed by atoms with Crippen LogP contribution in [-0.4, -0.2) is 47.5 Å². The Morgan fingerprint density at radius 2 is 2.09 bits per heavy atom. The second-order valence-electron chi connectivity index (χ2n) is 5.57. The number of thiophene rings is 1. The summed E-state index contributed by atoms with van der Waals surface area (Å²) in [5.41, 5.74) is 0. The number of rotatable bonds is 5. The highest BCUT2D eigenvalue weighted by Crippen LogP contribution is 2.20. The first-order valence-electron chi connectivity index (χ1n) is 7.78. The fourth-order valence-electron chi connectivity index (χ4n) is 2.46. The molecule has 1 saturated heterocycles. The molecule has 1 aliphatic heterocycles. The topological polar surface area (TPSA) is 61.4 Å². The average Bonchev–Trinajstić information content (AvgIpc) is 3.04. The molecule has 3 rings (SSSR count). The van der Waals surface area contributed by atoms with Crippen molar-refractivity contribution >= 4 is 28.9 Å². The van der Waals surface area contributed by atoms with Crippen molar-refractivity contribution in [2.45, 2.75) is 19.9 Å². The van der Waals surface area contributed by atoms with Crippen LogP contribution in [0.5, 0.6) is 0 Å². The van der Waals surface area contributed by atoms with E-state index in [0.29, 0.717) is 6.54 Å². The van der Waals surface area contributed by atoms with Crippen molar-refractivity contribution in [3.8, 4) is 0 Å². The van der Waals surface area contributed by atoms with E-state index in [2.05, 4.69) is 34.3 Å². The zero-order chi connectivity index (χ0) is 16.2. The van der Waals surface area contributed by atoms with Gasteiger partial charge in [-0.1, -0.05) is 6.92 Å². The molecule has 0 spiro atoms. The van der Waals surface area contributed by atoms with E-state index in [9.17, 15) is 4.79 Å². The van der Waals surface area contributed by atoms with Crippen molar-refractivity contribution in [2.24, 2.45) is 0 Å². The lowest BCUT2D eigenvalue weighted by Crippen LogP contribution is -2.48. The van der Waals surface area contributed by atoms with E-state index in [-0.39, 0.29) is 5.91 Å². The Hall–Kier alpha value is -2.15. The summed E-state index contributed by atoms with van der Waals surface area (Å²) in [6, 6.07) is 6.23. The third kappa shape index (κ3) is 3.79. The largest absolute Gasteiger partial charge is 0.365 e. The molecule has 0 aliphatic carbocycles. The lowest BCUT2D eigenvalue weighted by atomic mass is 10.3. The molecule has 0 atom stereocenters. The maximum atomic E-state index is 11.8. The molecule has 1 amide bonds. The van der Waals surface area contributed by atoms with Gasteiger partial charge in [-0.15, -0.1) is 11.3 Å². The number of aryl methyl sites for hydroxylation is 1. The first-order valence-corrected chi connectivity index (χ1v) is 8.59. The molecule has 0 aromatic carbocycles. The smallest absolute Gasteiger partial charge is 0.241 e. The third-order valence-corrected chi connectivity index (χ3v) is 5.17. The van der Waals surface area contributed by atoms with E-state index in [1.807, 2.05) is 29.4 Å². The van der Waals surface area contributed by atoms with E-state index < -0.39 is 0 Å². The van der Waals surface area contributed by atoms with E-state index >= 15 is 0 Å². The van der Waals surface area contributed by atoms with Crippen molar-refractivity contribution < 1.29 is 4.79 Å². The summed E-state index contributed by atoms with van der Waals surface area (Å²) in [5, 5.41) is 3.34. The maximum Gasteiger partial charge on any atom is 0.241 e. The van der Waals surface area contributed by atoms with Gasteiger partial charge in [-0.3, -0.25) is 4.79 Å². The number of piperazine rings is 1. The molecular formula is C16H21N5OS. The molecule has 6 nitrogen and oxygen atoms in total. The van der Waals surface area contributed by atoms with Gasteiger partial charge in [-0.25, -0.2) is 9.97 Å². The van der Waals surface area contributed by atoms with E-state index in [1.54, 1.807) is 11.2 Å². The quantitative estimate of drug-likeness (QED) is 0.908. The van der Waals surface area contributed by atoms with Gasteiger partial charge in [0.15, 0.2) is 0 Å². The first-order chi connectivity index (χ1) is 11.2. The van der Waals surface area contributed by atoms with Gasteiger partial charge in [0.1, 0.15) is 18.0 Å². The summed E-state index contributed by atoms with van der Waals surface area (Å²) in [6.45, 7) is 4.81. The summed E-state index contributed by atoms with van der Waals surface area (Å²) >= 11 is 1.82. The fraction of sp³-hybridized carbons (Fsp3) is 0.438. The van der Waals surface area contributed by atoms with Gasteiger partial charge in [-0.2, -0.15) is 0 Å². The molecule has 1 aliphatic rings. The number of aromatic nitrogens is 2. The van der Waals surface area contributed by atoms with Gasteiger partial charge >= 0.3 is 0 Å². The van der Waals surface area contributed by atoms with Crippen LogP contribution in [0.25, 0.3) is 0 Å². The molecule has 0 bridgehead atoms. The second-order valence-corrected chi connectivity index (χ2v) is 6.83. The lowest BCUT2D eigenvalue weighted by molar-refractivity contribution is -0.129. The first kappa shape index (κ1) is 15.7. The van der Waals surface area contributed by atoms with Crippen LogP contribution >= 0.6 is 11.3 Å². The summed E-state index contributed by atoms with van der Waals surface area (Å²) < 4.78 is 0. The Labute approximate surface area is 140 Å². The van der Waals surface area contributed by atoms with Crippen LogP contribution < -0.4 is 10.2 Å². The van der Waals surface area contributed by atoms with Crippen LogP contribution in [0.2, 0.25) is 0 Å². The van der Waals surface area contributed by atoms with Gasteiger partial charge in [0.2, 0.25) is 5.91 Å². The molecule has 2 aromatic rings. The van der Waals surface area contributed by atoms with Gasteiger partial charge in [-0.05, 0) is 18.6 Å².